The van der Waals surface area contributed by atoms with Gasteiger partial charge in [-0.1, -0.05) is 12.8 Å². The Morgan fingerprint density at radius 3 is 2.71 bits per heavy atom. The van der Waals surface area contributed by atoms with Crippen molar-refractivity contribution < 1.29 is 8.78 Å². The summed E-state index contributed by atoms with van der Waals surface area (Å²) in [6, 6.07) is 0.920. The van der Waals surface area contributed by atoms with Crippen LogP contribution in [-0.4, -0.2) is 23.5 Å². The van der Waals surface area contributed by atoms with Crippen LogP contribution in [0.1, 0.15) is 25.7 Å². The van der Waals surface area contributed by atoms with Crippen LogP contribution in [0.4, 0.5) is 14.6 Å². The van der Waals surface area contributed by atoms with E-state index in [4.69, 9.17) is 11.6 Å². The quantitative estimate of drug-likeness (QED) is 0.758. The SMILES string of the molecule is CN(c1ncc(F)cc1F)C1CCCCC1Cl. The van der Waals surface area contributed by atoms with Gasteiger partial charge in [0.15, 0.2) is 11.6 Å². The van der Waals surface area contributed by atoms with Crippen molar-refractivity contribution in [2.75, 3.05) is 11.9 Å². The van der Waals surface area contributed by atoms with E-state index in [-0.39, 0.29) is 17.2 Å². The van der Waals surface area contributed by atoms with Gasteiger partial charge in [0.25, 0.3) is 0 Å². The molecular formula is C12H15ClF2N2. The van der Waals surface area contributed by atoms with Crippen LogP contribution in [-0.2, 0) is 0 Å². The second kappa shape index (κ2) is 5.17. The van der Waals surface area contributed by atoms with Crippen molar-refractivity contribution in [3.05, 3.63) is 23.9 Å². The molecule has 0 aromatic carbocycles. The number of hydrogen-bond acceptors (Lipinski definition) is 2. The number of aromatic nitrogens is 1. The smallest absolute Gasteiger partial charge is 0.168 e. The lowest BCUT2D eigenvalue weighted by Crippen LogP contribution is -2.41. The molecule has 2 unspecified atom stereocenters. The molecule has 1 aliphatic carbocycles. The van der Waals surface area contributed by atoms with E-state index < -0.39 is 11.6 Å². The molecule has 5 heteroatoms. The molecule has 0 N–H and O–H groups in total. The predicted molar refractivity (Wildman–Crippen MR) is 64.5 cm³/mol. The van der Waals surface area contributed by atoms with E-state index in [0.717, 1.165) is 37.9 Å². The van der Waals surface area contributed by atoms with Gasteiger partial charge in [0, 0.05) is 19.2 Å². The topological polar surface area (TPSA) is 16.1 Å². The molecule has 0 amide bonds. The Morgan fingerprint density at radius 2 is 2.06 bits per heavy atom. The van der Waals surface area contributed by atoms with Gasteiger partial charge >= 0.3 is 0 Å². The molecule has 1 aromatic heterocycles. The van der Waals surface area contributed by atoms with Gasteiger partial charge in [-0.2, -0.15) is 0 Å². The molecule has 0 radical (unpaired) electrons. The van der Waals surface area contributed by atoms with Crippen molar-refractivity contribution in [1.82, 2.24) is 4.98 Å². The zero-order chi connectivity index (χ0) is 12.4. The first-order valence-electron chi connectivity index (χ1n) is 5.77. The van der Waals surface area contributed by atoms with Crippen LogP contribution in [0.3, 0.4) is 0 Å². The maximum Gasteiger partial charge on any atom is 0.168 e. The van der Waals surface area contributed by atoms with E-state index in [1.54, 1.807) is 11.9 Å². The molecule has 1 heterocycles. The Hall–Kier alpha value is -0.900. The Morgan fingerprint density at radius 1 is 1.35 bits per heavy atom. The Bertz CT molecular complexity index is 400. The lowest BCUT2D eigenvalue weighted by molar-refractivity contribution is 0.428. The van der Waals surface area contributed by atoms with E-state index in [0.29, 0.717) is 0 Å². The summed E-state index contributed by atoms with van der Waals surface area (Å²) >= 11 is 6.25. The van der Waals surface area contributed by atoms with Crippen molar-refractivity contribution in [1.29, 1.82) is 0 Å². The second-order valence-corrected chi connectivity index (χ2v) is 5.00. The molecule has 0 spiro atoms. The fraction of sp³-hybridized carbons (Fsp3) is 0.583. The number of hydrogen-bond donors (Lipinski definition) is 0. The normalized spacial score (nSPS) is 24.7. The van der Waals surface area contributed by atoms with E-state index in [1.807, 2.05) is 0 Å². The highest BCUT2D eigenvalue weighted by Crippen LogP contribution is 2.29. The highest BCUT2D eigenvalue weighted by atomic mass is 35.5. The molecule has 17 heavy (non-hydrogen) atoms. The van der Waals surface area contributed by atoms with Gasteiger partial charge in [-0.15, -0.1) is 11.6 Å². The molecule has 2 atom stereocenters. The summed E-state index contributed by atoms with van der Waals surface area (Å²) in [5.41, 5.74) is 0. The molecule has 94 valence electrons. The minimum absolute atomic E-state index is 0.00000283. The summed E-state index contributed by atoms with van der Waals surface area (Å²) in [7, 11) is 1.76. The average molecular weight is 261 g/mol. The van der Waals surface area contributed by atoms with Crippen LogP contribution >= 0.6 is 11.6 Å². The summed E-state index contributed by atoms with van der Waals surface area (Å²) in [6.07, 6.45) is 5.07. The second-order valence-electron chi connectivity index (χ2n) is 4.44. The standard InChI is InChI=1S/C12H15ClF2N2/c1-17(11-5-3-2-4-9(11)13)12-10(15)6-8(14)7-16-12/h6-7,9,11H,2-5H2,1H3. The summed E-state index contributed by atoms with van der Waals surface area (Å²) < 4.78 is 26.4. The average Bonchev–Trinajstić information content (AvgIpc) is 2.29. The predicted octanol–water partition coefficient (Wildman–Crippen LogP) is 3.35. The molecule has 2 rings (SSSR count). The first kappa shape index (κ1) is 12.6. The van der Waals surface area contributed by atoms with Crippen molar-refractivity contribution in [2.24, 2.45) is 0 Å². The zero-order valence-electron chi connectivity index (χ0n) is 9.67. The highest BCUT2D eigenvalue weighted by molar-refractivity contribution is 6.21. The van der Waals surface area contributed by atoms with Gasteiger partial charge < -0.3 is 4.90 Å². The maximum atomic E-state index is 13.6. The van der Waals surface area contributed by atoms with Crippen LogP contribution in [0.25, 0.3) is 0 Å². The Kier molecular flexibility index (Phi) is 3.82. The maximum absolute atomic E-state index is 13.6. The third-order valence-corrected chi connectivity index (χ3v) is 3.78. The largest absolute Gasteiger partial charge is 0.353 e. The molecule has 1 saturated carbocycles. The molecule has 0 bridgehead atoms. The molecular weight excluding hydrogens is 246 g/mol. The number of rotatable bonds is 2. The van der Waals surface area contributed by atoms with Gasteiger partial charge in [0.05, 0.1) is 11.6 Å². The van der Waals surface area contributed by atoms with Gasteiger partial charge in [-0.3, -0.25) is 0 Å². The summed E-state index contributed by atoms with van der Waals surface area (Å²) in [4.78, 5) is 5.53. The van der Waals surface area contributed by atoms with Crippen LogP contribution in [0.15, 0.2) is 12.3 Å². The first-order valence-corrected chi connectivity index (χ1v) is 6.21. The fourth-order valence-corrected chi connectivity index (χ4v) is 2.78. The molecule has 2 nitrogen and oxygen atoms in total. The molecule has 1 aromatic rings. The molecule has 0 saturated heterocycles. The van der Waals surface area contributed by atoms with E-state index >= 15 is 0 Å². The van der Waals surface area contributed by atoms with Crippen LogP contribution in [0, 0.1) is 11.6 Å². The number of alkyl halides is 1. The van der Waals surface area contributed by atoms with Crippen molar-refractivity contribution in [3.8, 4) is 0 Å². The van der Waals surface area contributed by atoms with Gasteiger partial charge in [0.1, 0.15) is 5.82 Å². The van der Waals surface area contributed by atoms with Crippen molar-refractivity contribution in [3.63, 3.8) is 0 Å². The monoisotopic (exact) mass is 260 g/mol. The number of nitrogens with zero attached hydrogens (tertiary/aromatic N) is 2. The van der Waals surface area contributed by atoms with Gasteiger partial charge in [-0.05, 0) is 12.8 Å². The lowest BCUT2D eigenvalue weighted by atomic mass is 9.94. The molecule has 1 fully saturated rings. The number of pyridine rings is 1. The minimum atomic E-state index is -0.661. The zero-order valence-corrected chi connectivity index (χ0v) is 10.4. The fourth-order valence-electron chi connectivity index (χ4n) is 2.33. The molecule has 0 aliphatic heterocycles. The summed E-state index contributed by atoms with van der Waals surface area (Å²) in [6.45, 7) is 0. The van der Waals surface area contributed by atoms with Crippen molar-refractivity contribution >= 4 is 17.4 Å². The number of halogens is 3. The third kappa shape index (κ3) is 2.68. The van der Waals surface area contributed by atoms with Crippen molar-refractivity contribution in [2.45, 2.75) is 37.1 Å². The minimum Gasteiger partial charge on any atom is -0.353 e. The van der Waals surface area contributed by atoms with Gasteiger partial charge in [0.2, 0.25) is 0 Å². The van der Waals surface area contributed by atoms with Crippen LogP contribution < -0.4 is 4.90 Å². The highest BCUT2D eigenvalue weighted by Gasteiger charge is 2.28. The molecule has 1 aliphatic rings. The lowest BCUT2D eigenvalue weighted by Gasteiger charge is -2.35. The van der Waals surface area contributed by atoms with Crippen LogP contribution in [0.5, 0.6) is 0 Å². The Labute approximate surface area is 105 Å². The Balaban J connectivity index is 2.20. The third-order valence-electron chi connectivity index (χ3n) is 3.27. The summed E-state index contributed by atoms with van der Waals surface area (Å²) in [5.74, 6) is -1.13. The first-order chi connectivity index (χ1) is 8.09. The summed E-state index contributed by atoms with van der Waals surface area (Å²) in [5, 5.41) is 0.00000283. The van der Waals surface area contributed by atoms with Crippen LogP contribution in [0.2, 0.25) is 0 Å². The van der Waals surface area contributed by atoms with E-state index in [1.165, 1.54) is 0 Å². The number of anilines is 1. The van der Waals surface area contributed by atoms with E-state index in [9.17, 15) is 8.78 Å². The van der Waals surface area contributed by atoms with Gasteiger partial charge in [-0.25, -0.2) is 13.8 Å². The van der Waals surface area contributed by atoms with E-state index in [2.05, 4.69) is 4.98 Å².